The van der Waals surface area contributed by atoms with Gasteiger partial charge in [-0.3, -0.25) is 14.5 Å². The lowest BCUT2D eigenvalue weighted by Crippen LogP contribution is -2.47. The van der Waals surface area contributed by atoms with Crippen LogP contribution in [0.1, 0.15) is 32.8 Å². The van der Waals surface area contributed by atoms with Gasteiger partial charge in [0.2, 0.25) is 0 Å². The number of carbonyl (C=O) groups excluding carboxylic acids is 2. The molecule has 3 rings (SSSR count). The molecule has 7 nitrogen and oxygen atoms in total. The highest BCUT2D eigenvalue weighted by Crippen LogP contribution is 2.36. The first-order chi connectivity index (χ1) is 14.5. The molecule has 1 aromatic carbocycles. The number of likely N-dealkylation sites (N-methyl/N-ethyl adjacent to an activating group) is 1. The fourth-order valence-corrected chi connectivity index (χ4v) is 3.98. The molecule has 164 valence electrons. The van der Waals surface area contributed by atoms with Crippen LogP contribution >= 0.6 is 0 Å². The minimum atomic E-state index is -0.248. The van der Waals surface area contributed by atoms with Gasteiger partial charge in [-0.2, -0.15) is 0 Å². The second-order valence-electron chi connectivity index (χ2n) is 7.88. The van der Waals surface area contributed by atoms with Crippen molar-refractivity contribution >= 4 is 17.4 Å². The molecule has 0 aromatic heterocycles. The Morgan fingerprint density at radius 3 is 2.37 bits per heavy atom. The number of hydrogen-bond donors (Lipinski definition) is 0. The van der Waals surface area contributed by atoms with E-state index >= 15 is 0 Å². The number of carbonyl (C=O) groups is 2. The van der Waals surface area contributed by atoms with E-state index < -0.39 is 0 Å². The molecule has 2 aliphatic rings. The molecule has 0 radical (unpaired) electrons. The van der Waals surface area contributed by atoms with Gasteiger partial charge in [0, 0.05) is 44.9 Å². The van der Waals surface area contributed by atoms with Crippen LogP contribution in [0.2, 0.25) is 0 Å². The first-order valence-corrected chi connectivity index (χ1v) is 10.8. The van der Waals surface area contributed by atoms with Gasteiger partial charge in [-0.05, 0) is 32.9 Å². The number of amides is 2. The first-order valence-electron chi connectivity index (χ1n) is 10.8. The van der Waals surface area contributed by atoms with E-state index in [0.717, 1.165) is 32.7 Å². The van der Waals surface area contributed by atoms with Crippen molar-refractivity contribution in [3.8, 4) is 5.75 Å². The maximum atomic E-state index is 13.4. The highest BCUT2D eigenvalue weighted by Gasteiger charge is 2.42. The second-order valence-corrected chi connectivity index (χ2v) is 7.88. The van der Waals surface area contributed by atoms with Crippen LogP contribution in [0.15, 0.2) is 30.0 Å². The lowest BCUT2D eigenvalue weighted by molar-refractivity contribution is -0.137. The Balaban J connectivity index is 1.90. The molecule has 7 heteroatoms. The van der Waals surface area contributed by atoms with E-state index in [1.807, 2.05) is 38.1 Å². The largest absolute Gasteiger partial charge is 0.496 e. The quantitative estimate of drug-likeness (QED) is 0.455. The van der Waals surface area contributed by atoms with Crippen molar-refractivity contribution in [2.24, 2.45) is 0 Å². The van der Waals surface area contributed by atoms with Gasteiger partial charge in [0.15, 0.2) is 0 Å². The summed E-state index contributed by atoms with van der Waals surface area (Å²) < 4.78 is 11.1. The summed E-state index contributed by atoms with van der Waals surface area (Å²) in [7, 11) is 1.58. The smallest absolute Gasteiger partial charge is 0.277 e. The molecule has 2 aliphatic heterocycles. The molecular weight excluding hydrogens is 382 g/mol. The number of hydrogen-bond acceptors (Lipinski definition) is 6. The van der Waals surface area contributed by atoms with Gasteiger partial charge < -0.3 is 19.3 Å². The average molecular weight is 416 g/mol. The minimum absolute atomic E-state index is 0.127. The average Bonchev–Trinajstić information content (AvgIpc) is 3.00. The molecule has 1 aromatic rings. The molecule has 0 atom stereocenters. The number of nitrogens with zero attached hydrogens (tertiary/aromatic N) is 3. The maximum Gasteiger partial charge on any atom is 0.277 e. The molecule has 1 saturated heterocycles. The molecule has 30 heavy (non-hydrogen) atoms. The van der Waals surface area contributed by atoms with Crippen LogP contribution in [0, 0.1) is 0 Å². The van der Waals surface area contributed by atoms with Crippen LogP contribution in [0.3, 0.4) is 0 Å². The van der Waals surface area contributed by atoms with Gasteiger partial charge in [-0.15, -0.1) is 0 Å². The van der Waals surface area contributed by atoms with E-state index in [1.165, 1.54) is 4.90 Å². The van der Waals surface area contributed by atoms with Gasteiger partial charge in [-0.1, -0.05) is 25.1 Å². The Morgan fingerprint density at radius 1 is 1.03 bits per heavy atom. The number of imide groups is 1. The summed E-state index contributed by atoms with van der Waals surface area (Å²) in [6.07, 6.45) is 0.744. The van der Waals surface area contributed by atoms with Crippen LogP contribution in [0.5, 0.6) is 5.75 Å². The molecule has 0 unspecified atom stereocenters. The predicted molar refractivity (Wildman–Crippen MR) is 116 cm³/mol. The molecular formula is C23H33N3O4. The summed E-state index contributed by atoms with van der Waals surface area (Å²) >= 11 is 0. The lowest BCUT2D eigenvalue weighted by Gasteiger charge is -2.36. The third-order valence-electron chi connectivity index (χ3n) is 5.63. The lowest BCUT2D eigenvalue weighted by atomic mass is 10.0. The standard InChI is InChI=1S/C23H33N3O4/c1-5-24-12-14-25(15-13-24)21-20(18-9-6-7-10-19(18)29-4)22(27)26(23(21)28)11-8-16-30-17(2)3/h6-7,9-10,17H,5,8,11-16H2,1-4H3. The summed E-state index contributed by atoms with van der Waals surface area (Å²) in [5, 5.41) is 0. The zero-order chi connectivity index (χ0) is 21.7. The fourth-order valence-electron chi connectivity index (χ4n) is 3.98. The van der Waals surface area contributed by atoms with Crippen LogP contribution in [-0.4, -0.2) is 85.6 Å². The van der Waals surface area contributed by atoms with E-state index in [0.29, 0.717) is 42.2 Å². The summed E-state index contributed by atoms with van der Waals surface area (Å²) in [5.74, 6) is 0.140. The van der Waals surface area contributed by atoms with Gasteiger partial charge in [0.1, 0.15) is 11.4 Å². The summed E-state index contributed by atoms with van der Waals surface area (Å²) in [4.78, 5) is 32.6. The number of piperazine rings is 1. The molecule has 0 saturated carbocycles. The molecule has 0 N–H and O–H groups in total. The Morgan fingerprint density at radius 2 is 1.73 bits per heavy atom. The summed E-state index contributed by atoms with van der Waals surface area (Å²) in [6.45, 7) is 11.2. The second kappa shape index (κ2) is 10.1. The van der Waals surface area contributed by atoms with Crippen molar-refractivity contribution in [2.75, 3.05) is 53.0 Å². The van der Waals surface area contributed by atoms with E-state index in [4.69, 9.17) is 9.47 Å². The number of rotatable bonds is 9. The molecule has 0 bridgehead atoms. The Labute approximate surface area is 179 Å². The van der Waals surface area contributed by atoms with Crippen LogP contribution in [0.25, 0.3) is 5.57 Å². The van der Waals surface area contributed by atoms with E-state index in [-0.39, 0.29) is 17.9 Å². The SMILES string of the molecule is CCN1CCN(C2=C(c3ccccc3OC)C(=O)N(CCCOC(C)C)C2=O)CC1. The van der Waals surface area contributed by atoms with Crippen molar-refractivity contribution in [3.63, 3.8) is 0 Å². The summed E-state index contributed by atoms with van der Waals surface area (Å²) in [6, 6.07) is 7.41. The highest BCUT2D eigenvalue weighted by molar-refractivity contribution is 6.36. The van der Waals surface area contributed by atoms with Crippen LogP contribution < -0.4 is 4.74 Å². The minimum Gasteiger partial charge on any atom is -0.496 e. The first kappa shape index (κ1) is 22.3. The number of ether oxygens (including phenoxy) is 2. The Hall–Kier alpha value is -2.38. The highest BCUT2D eigenvalue weighted by atomic mass is 16.5. The fraction of sp³-hybridized carbons (Fsp3) is 0.565. The van der Waals surface area contributed by atoms with Crippen molar-refractivity contribution < 1.29 is 19.1 Å². The Kier molecular flexibility index (Phi) is 7.50. The summed E-state index contributed by atoms with van der Waals surface area (Å²) in [5.41, 5.74) is 1.63. The topological polar surface area (TPSA) is 62.3 Å². The molecule has 2 amide bonds. The van der Waals surface area contributed by atoms with Crippen LogP contribution in [-0.2, 0) is 14.3 Å². The third-order valence-corrected chi connectivity index (χ3v) is 5.63. The van der Waals surface area contributed by atoms with E-state index in [2.05, 4.69) is 16.7 Å². The number of para-hydroxylation sites is 1. The van der Waals surface area contributed by atoms with E-state index in [1.54, 1.807) is 7.11 Å². The third kappa shape index (κ3) is 4.68. The van der Waals surface area contributed by atoms with Crippen LogP contribution in [0.4, 0.5) is 0 Å². The molecule has 2 heterocycles. The van der Waals surface area contributed by atoms with Gasteiger partial charge in [0.05, 0.1) is 18.8 Å². The molecule has 0 spiro atoms. The van der Waals surface area contributed by atoms with Crippen molar-refractivity contribution in [1.82, 2.24) is 14.7 Å². The van der Waals surface area contributed by atoms with Crippen molar-refractivity contribution in [3.05, 3.63) is 35.5 Å². The van der Waals surface area contributed by atoms with Crippen molar-refractivity contribution in [1.29, 1.82) is 0 Å². The van der Waals surface area contributed by atoms with Crippen molar-refractivity contribution in [2.45, 2.75) is 33.3 Å². The zero-order valence-electron chi connectivity index (χ0n) is 18.5. The predicted octanol–water partition coefficient (Wildman–Crippen LogP) is 2.23. The monoisotopic (exact) mass is 415 g/mol. The zero-order valence-corrected chi connectivity index (χ0v) is 18.5. The normalized spacial score (nSPS) is 18.2. The maximum absolute atomic E-state index is 13.4. The molecule has 0 aliphatic carbocycles. The number of benzene rings is 1. The number of methoxy groups -OCH3 is 1. The molecule has 1 fully saturated rings. The van der Waals surface area contributed by atoms with Gasteiger partial charge in [-0.25, -0.2) is 0 Å². The van der Waals surface area contributed by atoms with Gasteiger partial charge in [0.25, 0.3) is 11.8 Å². The van der Waals surface area contributed by atoms with E-state index in [9.17, 15) is 9.59 Å². The Bertz CT molecular complexity index is 797. The van der Waals surface area contributed by atoms with Gasteiger partial charge >= 0.3 is 0 Å².